The van der Waals surface area contributed by atoms with Crippen molar-refractivity contribution in [3.8, 4) is 0 Å². The molecule has 3 N–H and O–H groups in total. The van der Waals surface area contributed by atoms with Gasteiger partial charge < -0.3 is 16.0 Å². The fourth-order valence-electron chi connectivity index (χ4n) is 2.61. The second-order valence-electron chi connectivity index (χ2n) is 6.27. The fourth-order valence-corrected chi connectivity index (χ4v) is 2.61. The zero-order valence-electron chi connectivity index (χ0n) is 15.8. The van der Waals surface area contributed by atoms with Gasteiger partial charge in [-0.05, 0) is 0 Å². The SMILES string of the molecule is O=C(CCN1C(=O)C=CC1=O)NCCNCCNC(=O)CCN1C(=O)C=CC1=O. The van der Waals surface area contributed by atoms with Gasteiger partial charge in [-0.1, -0.05) is 0 Å². The third-order valence-corrected chi connectivity index (χ3v) is 4.17. The van der Waals surface area contributed by atoms with E-state index in [2.05, 4.69) is 16.0 Å². The molecule has 2 aliphatic heterocycles. The zero-order chi connectivity index (χ0) is 21.2. The van der Waals surface area contributed by atoms with E-state index in [1.807, 2.05) is 0 Å². The molecule has 156 valence electrons. The van der Waals surface area contributed by atoms with Gasteiger partial charge in [0.2, 0.25) is 11.8 Å². The first-order valence-corrected chi connectivity index (χ1v) is 9.19. The fraction of sp³-hybridized carbons (Fsp3) is 0.444. The van der Waals surface area contributed by atoms with Crippen LogP contribution in [0.25, 0.3) is 0 Å². The number of rotatable bonds is 12. The summed E-state index contributed by atoms with van der Waals surface area (Å²) in [4.78, 5) is 70.8. The van der Waals surface area contributed by atoms with E-state index in [4.69, 9.17) is 0 Å². The molecule has 29 heavy (non-hydrogen) atoms. The van der Waals surface area contributed by atoms with Crippen LogP contribution < -0.4 is 16.0 Å². The lowest BCUT2D eigenvalue weighted by atomic mass is 10.3. The van der Waals surface area contributed by atoms with Crippen LogP contribution in [0, 0.1) is 0 Å². The average Bonchev–Trinajstić information content (AvgIpc) is 3.18. The molecule has 0 radical (unpaired) electrons. The van der Waals surface area contributed by atoms with Gasteiger partial charge in [0.15, 0.2) is 0 Å². The Bertz CT molecular complexity index is 662. The molecule has 11 nitrogen and oxygen atoms in total. The quantitative estimate of drug-likeness (QED) is 0.239. The van der Waals surface area contributed by atoms with Crippen molar-refractivity contribution in [3.63, 3.8) is 0 Å². The van der Waals surface area contributed by atoms with Crippen LogP contribution in [-0.2, 0) is 28.8 Å². The number of carbonyl (C=O) groups excluding carboxylic acids is 6. The minimum Gasteiger partial charge on any atom is -0.355 e. The molecule has 0 aromatic carbocycles. The first-order valence-electron chi connectivity index (χ1n) is 9.19. The molecule has 0 aliphatic carbocycles. The van der Waals surface area contributed by atoms with Crippen molar-refractivity contribution in [3.05, 3.63) is 24.3 Å². The summed E-state index contributed by atoms with van der Waals surface area (Å²) < 4.78 is 0. The summed E-state index contributed by atoms with van der Waals surface area (Å²) in [6, 6.07) is 0. The highest BCUT2D eigenvalue weighted by molar-refractivity contribution is 6.13. The van der Waals surface area contributed by atoms with Crippen molar-refractivity contribution in [1.82, 2.24) is 25.8 Å². The Morgan fingerprint density at radius 2 is 0.966 bits per heavy atom. The number of amides is 6. The van der Waals surface area contributed by atoms with Crippen LogP contribution in [0.3, 0.4) is 0 Å². The van der Waals surface area contributed by atoms with Crippen LogP contribution in [0.2, 0.25) is 0 Å². The average molecular weight is 405 g/mol. The van der Waals surface area contributed by atoms with Gasteiger partial charge in [-0.25, -0.2) is 0 Å². The Hall–Kier alpha value is -3.34. The topological polar surface area (TPSA) is 145 Å². The molecule has 2 aliphatic rings. The smallest absolute Gasteiger partial charge is 0.253 e. The molecule has 0 bridgehead atoms. The Morgan fingerprint density at radius 1 is 0.621 bits per heavy atom. The van der Waals surface area contributed by atoms with Gasteiger partial charge in [-0.15, -0.1) is 0 Å². The maximum absolute atomic E-state index is 11.7. The van der Waals surface area contributed by atoms with Crippen molar-refractivity contribution in [1.29, 1.82) is 0 Å². The molecule has 0 unspecified atom stereocenters. The van der Waals surface area contributed by atoms with Crippen molar-refractivity contribution in [2.75, 3.05) is 39.3 Å². The van der Waals surface area contributed by atoms with Crippen LogP contribution in [0.15, 0.2) is 24.3 Å². The molecule has 0 fully saturated rings. The maximum atomic E-state index is 11.7. The summed E-state index contributed by atoms with van der Waals surface area (Å²) >= 11 is 0. The number of nitrogens with one attached hydrogen (secondary N) is 3. The summed E-state index contributed by atoms with van der Waals surface area (Å²) in [5.74, 6) is -2.20. The standard InChI is InChI=1S/C18H23N5O6/c24-13(5-11-22-15(26)1-2-16(22)27)20-9-7-19-8-10-21-14(25)6-12-23-17(28)3-4-18(23)29/h1-4,19H,5-12H2,(H,20,24)(H,21,25). The van der Waals surface area contributed by atoms with Crippen molar-refractivity contribution < 1.29 is 28.8 Å². The van der Waals surface area contributed by atoms with Crippen LogP contribution in [0.5, 0.6) is 0 Å². The van der Waals surface area contributed by atoms with E-state index in [0.717, 1.165) is 9.80 Å². The first-order chi connectivity index (χ1) is 13.9. The number of carbonyl (C=O) groups is 6. The van der Waals surface area contributed by atoms with Crippen molar-refractivity contribution in [2.45, 2.75) is 12.8 Å². The van der Waals surface area contributed by atoms with Gasteiger partial charge in [-0.2, -0.15) is 0 Å². The first kappa shape index (κ1) is 22.0. The van der Waals surface area contributed by atoms with Crippen LogP contribution in [0.1, 0.15) is 12.8 Å². The van der Waals surface area contributed by atoms with Gasteiger partial charge in [0.05, 0.1) is 0 Å². The van der Waals surface area contributed by atoms with E-state index in [-0.39, 0.29) is 37.7 Å². The van der Waals surface area contributed by atoms with E-state index >= 15 is 0 Å². The van der Waals surface area contributed by atoms with Crippen molar-refractivity contribution in [2.24, 2.45) is 0 Å². The Balaban J connectivity index is 1.43. The van der Waals surface area contributed by atoms with Gasteiger partial charge in [0.1, 0.15) is 0 Å². The second-order valence-corrected chi connectivity index (χ2v) is 6.27. The van der Waals surface area contributed by atoms with E-state index < -0.39 is 23.6 Å². The van der Waals surface area contributed by atoms with E-state index in [9.17, 15) is 28.8 Å². The lowest BCUT2D eigenvalue weighted by molar-refractivity contribution is -0.139. The summed E-state index contributed by atoms with van der Waals surface area (Å²) in [6.07, 6.45) is 4.76. The molecule has 0 saturated carbocycles. The molecule has 0 aromatic rings. The van der Waals surface area contributed by atoms with Crippen LogP contribution >= 0.6 is 0 Å². The van der Waals surface area contributed by atoms with Crippen molar-refractivity contribution >= 4 is 35.4 Å². The molecule has 0 atom stereocenters. The zero-order valence-corrected chi connectivity index (χ0v) is 15.8. The van der Waals surface area contributed by atoms with Gasteiger partial charge in [-0.3, -0.25) is 38.6 Å². The largest absolute Gasteiger partial charge is 0.355 e. The van der Waals surface area contributed by atoms with Crippen LogP contribution in [0.4, 0.5) is 0 Å². The Kier molecular flexibility index (Phi) is 8.22. The number of hydrogen-bond donors (Lipinski definition) is 3. The predicted octanol–water partition coefficient (Wildman–Crippen LogP) is -2.56. The maximum Gasteiger partial charge on any atom is 0.253 e. The molecule has 0 spiro atoms. The summed E-state index contributed by atoms with van der Waals surface area (Å²) in [5, 5.41) is 8.36. The Labute approximate surface area is 167 Å². The van der Waals surface area contributed by atoms with Gasteiger partial charge in [0.25, 0.3) is 23.6 Å². The van der Waals surface area contributed by atoms with Gasteiger partial charge in [0, 0.05) is 76.4 Å². The molecule has 2 heterocycles. The molecule has 0 aromatic heterocycles. The summed E-state index contributed by atoms with van der Waals surface area (Å²) in [6.45, 7) is 1.76. The van der Waals surface area contributed by atoms with E-state index in [1.165, 1.54) is 24.3 Å². The number of nitrogens with zero attached hydrogens (tertiary/aromatic N) is 2. The van der Waals surface area contributed by atoms with Gasteiger partial charge >= 0.3 is 0 Å². The molecule has 11 heteroatoms. The van der Waals surface area contributed by atoms with E-state index in [0.29, 0.717) is 26.2 Å². The third kappa shape index (κ3) is 6.96. The number of imide groups is 2. The summed E-state index contributed by atoms with van der Waals surface area (Å²) in [5.41, 5.74) is 0. The van der Waals surface area contributed by atoms with E-state index in [1.54, 1.807) is 0 Å². The molecule has 2 rings (SSSR count). The highest BCUT2D eigenvalue weighted by Crippen LogP contribution is 2.04. The number of hydrogen-bond acceptors (Lipinski definition) is 7. The predicted molar refractivity (Wildman–Crippen MR) is 99.8 cm³/mol. The highest BCUT2D eigenvalue weighted by atomic mass is 16.2. The normalized spacial score (nSPS) is 15.6. The molecule has 6 amide bonds. The minimum atomic E-state index is -0.415. The monoisotopic (exact) mass is 405 g/mol. The highest BCUT2D eigenvalue weighted by Gasteiger charge is 2.24. The van der Waals surface area contributed by atoms with Crippen LogP contribution in [-0.4, -0.2) is 84.5 Å². The lowest BCUT2D eigenvalue weighted by Crippen LogP contribution is -2.39. The lowest BCUT2D eigenvalue weighted by Gasteiger charge is -2.14. The molecule has 0 saturated heterocycles. The molecular weight excluding hydrogens is 382 g/mol. The second kappa shape index (κ2) is 10.9. The minimum absolute atomic E-state index is 0.0345. The Morgan fingerprint density at radius 3 is 1.31 bits per heavy atom. The summed E-state index contributed by atoms with van der Waals surface area (Å²) in [7, 11) is 0. The molecular formula is C18H23N5O6. The third-order valence-electron chi connectivity index (χ3n) is 4.17.